The zero-order valence-electron chi connectivity index (χ0n) is 8.00. The van der Waals surface area contributed by atoms with Gasteiger partial charge >= 0.3 is 6.03 Å². The van der Waals surface area contributed by atoms with E-state index in [0.717, 1.165) is 13.2 Å². The fourth-order valence-corrected chi connectivity index (χ4v) is 1.22. The van der Waals surface area contributed by atoms with E-state index < -0.39 is 0 Å². The van der Waals surface area contributed by atoms with E-state index in [1.807, 2.05) is 18.7 Å². The molecular weight excluding hydrogens is 154 g/mol. The monoisotopic (exact) mass is 171 g/mol. The summed E-state index contributed by atoms with van der Waals surface area (Å²) in [7, 11) is 0. The smallest absolute Gasteiger partial charge is 0.319 e. The molecule has 1 aliphatic heterocycles. The van der Waals surface area contributed by atoms with Crippen molar-refractivity contribution in [2.75, 3.05) is 19.9 Å². The van der Waals surface area contributed by atoms with Crippen LogP contribution in [0.25, 0.3) is 0 Å². The topological polar surface area (TPSA) is 35.6 Å². The van der Waals surface area contributed by atoms with Crippen LogP contribution >= 0.6 is 0 Å². The Kier molecular flexibility index (Phi) is 2.92. The Balaban J connectivity index is 2.53. The van der Waals surface area contributed by atoms with Crippen LogP contribution in [0, 0.1) is 0 Å². The van der Waals surface area contributed by atoms with Gasteiger partial charge in [0, 0.05) is 6.04 Å². The minimum atomic E-state index is 0.0506. The summed E-state index contributed by atoms with van der Waals surface area (Å²) < 4.78 is 0. The van der Waals surface area contributed by atoms with Crippen molar-refractivity contribution in [1.82, 2.24) is 15.1 Å². The molecule has 0 saturated carbocycles. The lowest BCUT2D eigenvalue weighted by Gasteiger charge is -2.37. The largest absolute Gasteiger partial charge is 0.325 e. The lowest BCUT2D eigenvalue weighted by molar-refractivity contribution is 0.0877. The van der Waals surface area contributed by atoms with E-state index in [1.54, 1.807) is 0 Å². The Morgan fingerprint density at radius 1 is 1.58 bits per heavy atom. The molecule has 1 rings (SSSR count). The van der Waals surface area contributed by atoms with E-state index in [4.69, 9.17) is 0 Å². The van der Waals surface area contributed by atoms with Crippen LogP contribution in [-0.4, -0.2) is 41.8 Å². The summed E-state index contributed by atoms with van der Waals surface area (Å²) in [5.74, 6) is 0. The van der Waals surface area contributed by atoms with Crippen molar-refractivity contribution in [3.8, 4) is 0 Å². The Labute approximate surface area is 73.5 Å². The molecule has 1 aliphatic rings. The van der Waals surface area contributed by atoms with Gasteiger partial charge in [-0.15, -0.1) is 0 Å². The van der Waals surface area contributed by atoms with Gasteiger partial charge in [-0.3, -0.25) is 4.90 Å². The summed E-state index contributed by atoms with van der Waals surface area (Å²) in [4.78, 5) is 15.3. The number of urea groups is 1. The van der Waals surface area contributed by atoms with Gasteiger partial charge in [0.15, 0.2) is 0 Å². The standard InChI is InChI=1S/C8H17N3O/c1-4-10-5-9-8(12)11(6-10)7(2)3/h7H,4-6H2,1-3H3,(H,9,12). The van der Waals surface area contributed by atoms with E-state index >= 15 is 0 Å². The lowest BCUT2D eigenvalue weighted by Crippen LogP contribution is -2.57. The second kappa shape index (κ2) is 3.76. The molecule has 0 aliphatic carbocycles. The lowest BCUT2D eigenvalue weighted by atomic mass is 10.3. The van der Waals surface area contributed by atoms with Crippen LogP contribution in [0.5, 0.6) is 0 Å². The molecule has 2 amide bonds. The first-order valence-electron chi connectivity index (χ1n) is 4.42. The van der Waals surface area contributed by atoms with Crippen molar-refractivity contribution >= 4 is 6.03 Å². The van der Waals surface area contributed by atoms with Crippen molar-refractivity contribution in [1.29, 1.82) is 0 Å². The van der Waals surface area contributed by atoms with Crippen LogP contribution in [0.15, 0.2) is 0 Å². The normalized spacial score (nSPS) is 20.0. The third kappa shape index (κ3) is 1.88. The minimum Gasteiger partial charge on any atom is -0.325 e. The molecule has 0 unspecified atom stereocenters. The van der Waals surface area contributed by atoms with Gasteiger partial charge in [0.1, 0.15) is 0 Å². The average Bonchev–Trinajstić information content (AvgIpc) is 2.05. The Bertz CT molecular complexity index is 170. The first-order valence-corrected chi connectivity index (χ1v) is 4.42. The van der Waals surface area contributed by atoms with Gasteiger partial charge in [-0.1, -0.05) is 6.92 Å². The summed E-state index contributed by atoms with van der Waals surface area (Å²) in [5.41, 5.74) is 0. The molecule has 12 heavy (non-hydrogen) atoms. The molecule has 1 fully saturated rings. The van der Waals surface area contributed by atoms with Crippen molar-refractivity contribution < 1.29 is 4.79 Å². The van der Waals surface area contributed by atoms with Gasteiger partial charge in [0.2, 0.25) is 0 Å². The molecule has 1 N–H and O–H groups in total. The number of amides is 2. The molecule has 1 saturated heterocycles. The zero-order chi connectivity index (χ0) is 9.14. The van der Waals surface area contributed by atoms with Crippen LogP contribution in [0.1, 0.15) is 20.8 Å². The average molecular weight is 171 g/mol. The molecule has 0 aromatic carbocycles. The number of nitrogens with one attached hydrogen (secondary N) is 1. The first-order chi connectivity index (χ1) is 5.65. The Morgan fingerprint density at radius 2 is 2.25 bits per heavy atom. The van der Waals surface area contributed by atoms with E-state index in [-0.39, 0.29) is 12.1 Å². The molecule has 4 heteroatoms. The van der Waals surface area contributed by atoms with Crippen molar-refractivity contribution in [2.24, 2.45) is 0 Å². The van der Waals surface area contributed by atoms with E-state index in [1.165, 1.54) is 0 Å². The predicted octanol–water partition coefficient (Wildman–Crippen LogP) is 0.657. The molecule has 1 heterocycles. The molecule has 0 aromatic rings. The fourth-order valence-electron chi connectivity index (χ4n) is 1.22. The molecule has 0 radical (unpaired) electrons. The number of rotatable bonds is 2. The van der Waals surface area contributed by atoms with Gasteiger partial charge in [-0.25, -0.2) is 4.79 Å². The highest BCUT2D eigenvalue weighted by molar-refractivity contribution is 5.74. The zero-order valence-corrected chi connectivity index (χ0v) is 8.00. The van der Waals surface area contributed by atoms with Crippen LogP contribution in [0.3, 0.4) is 0 Å². The summed E-state index contributed by atoms with van der Waals surface area (Å²) in [6.07, 6.45) is 0. The van der Waals surface area contributed by atoms with Crippen molar-refractivity contribution in [2.45, 2.75) is 26.8 Å². The van der Waals surface area contributed by atoms with Crippen LogP contribution < -0.4 is 5.32 Å². The maximum absolute atomic E-state index is 11.3. The molecule has 0 aromatic heterocycles. The molecule has 0 atom stereocenters. The van der Waals surface area contributed by atoms with E-state index in [0.29, 0.717) is 6.67 Å². The van der Waals surface area contributed by atoms with Crippen LogP contribution in [0.2, 0.25) is 0 Å². The first kappa shape index (κ1) is 9.32. The maximum atomic E-state index is 11.3. The highest BCUT2D eigenvalue weighted by Crippen LogP contribution is 2.04. The molecular formula is C8H17N3O. The number of hydrogen-bond acceptors (Lipinski definition) is 2. The van der Waals surface area contributed by atoms with Crippen molar-refractivity contribution in [3.05, 3.63) is 0 Å². The SMILES string of the molecule is CCN1CNC(=O)N(C(C)C)C1. The van der Waals surface area contributed by atoms with Crippen molar-refractivity contribution in [3.63, 3.8) is 0 Å². The summed E-state index contributed by atoms with van der Waals surface area (Å²) in [6, 6.07) is 0.328. The number of carbonyl (C=O) groups excluding carboxylic acids is 1. The van der Waals surface area contributed by atoms with Gasteiger partial charge in [-0.2, -0.15) is 0 Å². The highest BCUT2D eigenvalue weighted by atomic mass is 16.2. The quantitative estimate of drug-likeness (QED) is 0.662. The second-order valence-corrected chi connectivity index (χ2v) is 3.33. The summed E-state index contributed by atoms with van der Waals surface area (Å²) >= 11 is 0. The van der Waals surface area contributed by atoms with Gasteiger partial charge in [0.25, 0.3) is 0 Å². The third-order valence-corrected chi connectivity index (χ3v) is 2.14. The van der Waals surface area contributed by atoms with E-state index in [2.05, 4.69) is 17.1 Å². The maximum Gasteiger partial charge on any atom is 0.319 e. The van der Waals surface area contributed by atoms with E-state index in [9.17, 15) is 4.79 Å². The summed E-state index contributed by atoms with van der Waals surface area (Å²) in [6.45, 7) is 8.55. The van der Waals surface area contributed by atoms with Gasteiger partial charge in [0.05, 0.1) is 13.3 Å². The third-order valence-electron chi connectivity index (χ3n) is 2.14. The Morgan fingerprint density at radius 3 is 2.75 bits per heavy atom. The van der Waals surface area contributed by atoms with Crippen LogP contribution in [0.4, 0.5) is 4.79 Å². The number of nitrogens with zero attached hydrogens (tertiary/aromatic N) is 2. The fraction of sp³-hybridized carbons (Fsp3) is 0.875. The molecule has 0 bridgehead atoms. The molecule has 70 valence electrons. The van der Waals surface area contributed by atoms with Crippen LogP contribution in [-0.2, 0) is 0 Å². The second-order valence-electron chi connectivity index (χ2n) is 3.33. The highest BCUT2D eigenvalue weighted by Gasteiger charge is 2.23. The number of hydrogen-bond donors (Lipinski definition) is 1. The predicted molar refractivity (Wildman–Crippen MR) is 47.6 cm³/mol. The van der Waals surface area contributed by atoms with Gasteiger partial charge in [-0.05, 0) is 20.4 Å². The Hall–Kier alpha value is -0.770. The number of carbonyl (C=O) groups is 1. The van der Waals surface area contributed by atoms with Gasteiger partial charge < -0.3 is 10.2 Å². The minimum absolute atomic E-state index is 0.0506. The summed E-state index contributed by atoms with van der Waals surface area (Å²) in [5, 5.41) is 2.83. The molecule has 4 nitrogen and oxygen atoms in total. The molecule has 0 spiro atoms.